The fourth-order valence-electron chi connectivity index (χ4n) is 2.71. The van der Waals surface area contributed by atoms with Crippen molar-refractivity contribution < 1.29 is 23.0 Å². The van der Waals surface area contributed by atoms with Crippen LogP contribution in [0.4, 0.5) is 0 Å². The van der Waals surface area contributed by atoms with Gasteiger partial charge in [0.2, 0.25) is 10.0 Å². The van der Waals surface area contributed by atoms with E-state index < -0.39 is 22.2 Å². The molecular weight excluding hydrogens is 294 g/mol. The second-order valence-electron chi connectivity index (χ2n) is 5.39. The first-order chi connectivity index (χ1) is 10.1. The largest absolute Gasteiger partial charge is 0.486 e. The number of rotatable bonds is 3. The van der Waals surface area contributed by atoms with Gasteiger partial charge in [0.25, 0.3) is 0 Å². The fourth-order valence-corrected chi connectivity index (χ4v) is 4.03. The maximum absolute atomic E-state index is 12.4. The average Bonchev–Trinajstić information content (AvgIpc) is 2.49. The molecular formula is C14H19NO5S. The highest BCUT2D eigenvalue weighted by atomic mass is 32.2. The number of sulfonamides is 1. The minimum atomic E-state index is -3.67. The normalized spacial score (nSPS) is 25.6. The van der Waals surface area contributed by atoms with Crippen molar-refractivity contribution in [1.29, 1.82) is 0 Å². The third-order valence-corrected chi connectivity index (χ3v) is 5.35. The van der Waals surface area contributed by atoms with E-state index in [1.165, 1.54) is 12.1 Å². The molecule has 0 aromatic heterocycles. The van der Waals surface area contributed by atoms with Crippen molar-refractivity contribution in [3.05, 3.63) is 18.2 Å². The van der Waals surface area contributed by atoms with Crippen molar-refractivity contribution in [1.82, 2.24) is 4.72 Å². The molecule has 1 aliphatic carbocycles. The number of hydrogen-bond donors (Lipinski definition) is 2. The molecule has 1 saturated carbocycles. The van der Waals surface area contributed by atoms with Crippen LogP contribution in [0.25, 0.3) is 0 Å². The fraction of sp³-hybridized carbons (Fsp3) is 0.571. The van der Waals surface area contributed by atoms with Crippen molar-refractivity contribution >= 4 is 10.0 Å². The zero-order chi connectivity index (χ0) is 14.9. The van der Waals surface area contributed by atoms with E-state index in [2.05, 4.69) is 4.72 Å². The summed E-state index contributed by atoms with van der Waals surface area (Å²) in [5, 5.41) is 9.90. The summed E-state index contributed by atoms with van der Waals surface area (Å²) in [4.78, 5) is 0.129. The third-order valence-electron chi connectivity index (χ3n) is 3.86. The number of benzene rings is 1. The van der Waals surface area contributed by atoms with Gasteiger partial charge in [0, 0.05) is 12.1 Å². The van der Waals surface area contributed by atoms with Gasteiger partial charge < -0.3 is 14.6 Å². The van der Waals surface area contributed by atoms with Crippen LogP contribution in [0, 0.1) is 0 Å². The lowest BCUT2D eigenvalue weighted by Crippen LogP contribution is -2.44. The standard InChI is InChI=1S/C14H19NO5S/c16-12-4-2-1-3-11(12)15-21(17,18)10-5-6-13-14(9-10)20-8-7-19-13/h5-6,9,11-12,15-16H,1-4,7-8H2/t11-,12-/m1/s1. The first kappa shape index (κ1) is 14.6. The highest BCUT2D eigenvalue weighted by Gasteiger charge is 2.28. The Balaban J connectivity index is 1.81. The topological polar surface area (TPSA) is 84.9 Å². The molecule has 21 heavy (non-hydrogen) atoms. The molecule has 0 spiro atoms. The van der Waals surface area contributed by atoms with Crippen molar-refractivity contribution in [2.24, 2.45) is 0 Å². The molecule has 3 rings (SSSR count). The number of fused-ring (bicyclic) bond motifs is 1. The lowest BCUT2D eigenvalue weighted by atomic mass is 9.93. The number of ether oxygens (including phenoxy) is 2. The highest BCUT2D eigenvalue weighted by Crippen LogP contribution is 2.32. The van der Waals surface area contributed by atoms with E-state index in [0.29, 0.717) is 37.6 Å². The Morgan fingerprint density at radius 3 is 2.57 bits per heavy atom. The average molecular weight is 313 g/mol. The Bertz CT molecular complexity index is 616. The van der Waals surface area contributed by atoms with Gasteiger partial charge in [-0.25, -0.2) is 13.1 Å². The first-order valence-corrected chi connectivity index (χ1v) is 8.65. The summed E-state index contributed by atoms with van der Waals surface area (Å²) in [7, 11) is -3.67. The third kappa shape index (κ3) is 3.14. The van der Waals surface area contributed by atoms with E-state index in [1.807, 2.05) is 0 Å². The Labute approximate surface area is 124 Å². The molecule has 116 valence electrons. The quantitative estimate of drug-likeness (QED) is 0.871. The van der Waals surface area contributed by atoms with E-state index in [9.17, 15) is 13.5 Å². The molecule has 6 nitrogen and oxygen atoms in total. The van der Waals surface area contributed by atoms with Gasteiger partial charge in [-0.15, -0.1) is 0 Å². The van der Waals surface area contributed by atoms with Crippen LogP contribution in [-0.2, 0) is 10.0 Å². The molecule has 1 aromatic carbocycles. The van der Waals surface area contributed by atoms with E-state index in [4.69, 9.17) is 9.47 Å². The van der Waals surface area contributed by atoms with E-state index in [1.54, 1.807) is 6.07 Å². The summed E-state index contributed by atoms with van der Waals surface area (Å²) >= 11 is 0. The minimum Gasteiger partial charge on any atom is -0.486 e. The zero-order valence-electron chi connectivity index (χ0n) is 11.6. The van der Waals surface area contributed by atoms with Gasteiger partial charge in [-0.1, -0.05) is 12.8 Å². The Kier molecular flexibility index (Phi) is 4.05. The van der Waals surface area contributed by atoms with Gasteiger partial charge >= 0.3 is 0 Å². The molecule has 0 bridgehead atoms. The number of aliphatic hydroxyl groups excluding tert-OH is 1. The monoisotopic (exact) mass is 313 g/mol. The summed E-state index contributed by atoms with van der Waals surface area (Å²) in [6, 6.07) is 4.13. The van der Waals surface area contributed by atoms with E-state index >= 15 is 0 Å². The Morgan fingerprint density at radius 2 is 1.81 bits per heavy atom. The number of aliphatic hydroxyl groups is 1. The maximum atomic E-state index is 12.4. The predicted molar refractivity (Wildman–Crippen MR) is 76.0 cm³/mol. The molecule has 0 amide bonds. The zero-order valence-corrected chi connectivity index (χ0v) is 12.4. The van der Waals surface area contributed by atoms with Gasteiger partial charge in [-0.2, -0.15) is 0 Å². The van der Waals surface area contributed by atoms with Crippen molar-refractivity contribution in [3.63, 3.8) is 0 Å². The van der Waals surface area contributed by atoms with Crippen LogP contribution in [0.3, 0.4) is 0 Å². The Morgan fingerprint density at radius 1 is 1.10 bits per heavy atom. The van der Waals surface area contributed by atoms with Crippen LogP contribution in [0.1, 0.15) is 25.7 Å². The van der Waals surface area contributed by atoms with Gasteiger partial charge in [0.15, 0.2) is 11.5 Å². The molecule has 2 N–H and O–H groups in total. The van der Waals surface area contributed by atoms with Crippen LogP contribution in [-0.4, -0.2) is 38.9 Å². The van der Waals surface area contributed by atoms with Crippen molar-refractivity contribution in [3.8, 4) is 11.5 Å². The van der Waals surface area contributed by atoms with Crippen LogP contribution < -0.4 is 14.2 Å². The summed E-state index contributed by atoms with van der Waals surface area (Å²) in [5.74, 6) is 0.992. The number of hydrogen-bond acceptors (Lipinski definition) is 5. The summed E-state index contributed by atoms with van der Waals surface area (Å²) in [6.07, 6.45) is 2.53. The van der Waals surface area contributed by atoms with E-state index in [0.717, 1.165) is 12.8 Å². The molecule has 2 aliphatic rings. The second kappa shape index (κ2) is 5.82. The SMILES string of the molecule is O=S(=O)(N[C@@H]1CCCC[C@H]1O)c1ccc2c(c1)OCCO2. The molecule has 1 heterocycles. The highest BCUT2D eigenvalue weighted by molar-refractivity contribution is 7.89. The molecule has 1 aromatic rings. The maximum Gasteiger partial charge on any atom is 0.241 e. The van der Waals surface area contributed by atoms with Gasteiger partial charge in [0.1, 0.15) is 13.2 Å². The van der Waals surface area contributed by atoms with Crippen LogP contribution in [0.5, 0.6) is 11.5 Å². The summed E-state index contributed by atoms with van der Waals surface area (Å²) < 4.78 is 38.2. The molecule has 0 saturated heterocycles. The lowest BCUT2D eigenvalue weighted by molar-refractivity contribution is 0.101. The molecule has 2 atom stereocenters. The van der Waals surface area contributed by atoms with Crippen LogP contribution >= 0.6 is 0 Å². The van der Waals surface area contributed by atoms with Gasteiger partial charge in [0.05, 0.1) is 11.0 Å². The number of nitrogens with one attached hydrogen (secondary N) is 1. The Hall–Kier alpha value is -1.31. The molecule has 0 radical (unpaired) electrons. The molecule has 7 heteroatoms. The lowest BCUT2D eigenvalue weighted by Gasteiger charge is -2.28. The van der Waals surface area contributed by atoms with Crippen LogP contribution in [0.15, 0.2) is 23.1 Å². The molecule has 0 unspecified atom stereocenters. The van der Waals surface area contributed by atoms with Crippen LogP contribution in [0.2, 0.25) is 0 Å². The molecule has 1 fully saturated rings. The minimum absolute atomic E-state index is 0.129. The van der Waals surface area contributed by atoms with E-state index in [-0.39, 0.29) is 4.90 Å². The predicted octanol–water partition coefficient (Wildman–Crippen LogP) is 1.04. The smallest absolute Gasteiger partial charge is 0.241 e. The first-order valence-electron chi connectivity index (χ1n) is 7.16. The second-order valence-corrected chi connectivity index (χ2v) is 7.10. The summed E-state index contributed by atoms with van der Waals surface area (Å²) in [6.45, 7) is 0.872. The summed E-state index contributed by atoms with van der Waals surface area (Å²) in [5.41, 5.74) is 0. The van der Waals surface area contributed by atoms with Gasteiger partial charge in [-0.05, 0) is 25.0 Å². The van der Waals surface area contributed by atoms with Crippen molar-refractivity contribution in [2.75, 3.05) is 13.2 Å². The van der Waals surface area contributed by atoms with Crippen molar-refractivity contribution in [2.45, 2.75) is 42.7 Å². The van der Waals surface area contributed by atoms with Gasteiger partial charge in [-0.3, -0.25) is 0 Å². The molecule has 1 aliphatic heterocycles.